The van der Waals surface area contributed by atoms with Crippen LogP contribution in [0.1, 0.15) is 17.3 Å². The van der Waals surface area contributed by atoms with Gasteiger partial charge in [0.05, 0.1) is 10.5 Å². The number of esters is 1. The van der Waals surface area contributed by atoms with Gasteiger partial charge >= 0.3 is 5.97 Å². The number of ether oxygens (including phenoxy) is 1. The minimum absolute atomic E-state index is 0.258. The Bertz CT molecular complexity index is 977. The number of hydrogen-bond donors (Lipinski definition) is 0. The molecule has 0 spiro atoms. The van der Waals surface area contributed by atoms with Crippen molar-refractivity contribution in [3.8, 4) is 0 Å². The molecule has 0 saturated heterocycles. The quantitative estimate of drug-likeness (QED) is 0.685. The third kappa shape index (κ3) is 4.55. The maximum atomic E-state index is 14.1. The van der Waals surface area contributed by atoms with E-state index >= 15 is 0 Å². The van der Waals surface area contributed by atoms with Crippen LogP contribution in [0.25, 0.3) is 0 Å². The van der Waals surface area contributed by atoms with Crippen molar-refractivity contribution in [2.45, 2.75) is 17.9 Å². The lowest BCUT2D eigenvalue weighted by molar-refractivity contribution is -0.126. The molecule has 0 saturated carbocycles. The Morgan fingerprint density at radius 1 is 1.04 bits per heavy atom. The lowest BCUT2D eigenvalue weighted by atomic mass is 10.2. The largest absolute Gasteiger partial charge is 0.449 e. The number of carbonyl (C=O) groups is 2. The first-order valence-corrected chi connectivity index (χ1v) is 9.75. The van der Waals surface area contributed by atoms with Crippen LogP contribution in [-0.4, -0.2) is 51.8 Å². The Kier molecular flexibility index (Phi) is 6.52. The number of rotatable bonds is 6. The molecule has 1 atom stereocenters. The van der Waals surface area contributed by atoms with E-state index in [0.29, 0.717) is 5.69 Å². The van der Waals surface area contributed by atoms with Crippen LogP contribution in [0.4, 0.5) is 10.1 Å². The molecule has 7 nitrogen and oxygen atoms in total. The van der Waals surface area contributed by atoms with Crippen LogP contribution in [0.5, 0.6) is 0 Å². The summed E-state index contributed by atoms with van der Waals surface area (Å²) in [5.41, 5.74) is 0.0330. The van der Waals surface area contributed by atoms with Gasteiger partial charge in [0.1, 0.15) is 5.82 Å². The van der Waals surface area contributed by atoms with Gasteiger partial charge in [-0.25, -0.2) is 21.9 Å². The highest BCUT2D eigenvalue weighted by Gasteiger charge is 2.26. The Labute approximate surface area is 163 Å². The summed E-state index contributed by atoms with van der Waals surface area (Å²) < 4.78 is 44.5. The minimum atomic E-state index is -3.86. The number of sulfonamides is 1. The van der Waals surface area contributed by atoms with Gasteiger partial charge in [-0.15, -0.1) is 0 Å². The standard InChI is InChI=1S/C19H21FN2O5S/c1-13(18(23)22(4)14-8-6-5-7-9-14)27-19(24)16-12-15(10-11-17(16)20)28(25,26)21(2)3/h5-13H,1-4H3/t13-/m1/s1. The molecule has 2 aromatic carbocycles. The molecule has 0 radical (unpaired) electrons. The lowest BCUT2D eigenvalue weighted by Crippen LogP contribution is -2.37. The molecule has 0 aliphatic rings. The summed E-state index contributed by atoms with van der Waals surface area (Å²) in [6, 6.07) is 11.5. The van der Waals surface area contributed by atoms with Crippen molar-refractivity contribution in [2.24, 2.45) is 0 Å². The normalized spacial score (nSPS) is 12.5. The Hall–Kier alpha value is -2.78. The molecule has 2 aromatic rings. The number of amides is 1. The molecule has 2 rings (SSSR count). The van der Waals surface area contributed by atoms with Gasteiger partial charge in [0.2, 0.25) is 10.0 Å². The Balaban J connectivity index is 2.21. The van der Waals surface area contributed by atoms with Crippen molar-refractivity contribution in [1.82, 2.24) is 4.31 Å². The average molecular weight is 408 g/mol. The summed E-state index contributed by atoms with van der Waals surface area (Å²) in [6.45, 7) is 1.36. The second kappa shape index (κ2) is 8.49. The van der Waals surface area contributed by atoms with E-state index in [1.54, 1.807) is 30.3 Å². The van der Waals surface area contributed by atoms with Crippen molar-refractivity contribution in [2.75, 3.05) is 26.0 Å². The number of hydrogen-bond acceptors (Lipinski definition) is 5. The van der Waals surface area contributed by atoms with Crippen LogP contribution in [0.15, 0.2) is 53.4 Å². The van der Waals surface area contributed by atoms with Gasteiger partial charge in [0, 0.05) is 26.8 Å². The van der Waals surface area contributed by atoms with Crippen LogP contribution in [-0.2, 0) is 19.6 Å². The van der Waals surface area contributed by atoms with Crippen LogP contribution in [0.2, 0.25) is 0 Å². The minimum Gasteiger partial charge on any atom is -0.449 e. The first-order valence-electron chi connectivity index (χ1n) is 8.31. The van der Waals surface area contributed by atoms with Crippen molar-refractivity contribution < 1.29 is 27.1 Å². The second-order valence-corrected chi connectivity index (χ2v) is 8.36. The van der Waals surface area contributed by atoms with E-state index in [-0.39, 0.29) is 4.90 Å². The molecular weight excluding hydrogens is 387 g/mol. The van der Waals surface area contributed by atoms with E-state index in [2.05, 4.69) is 0 Å². The van der Waals surface area contributed by atoms with E-state index < -0.39 is 39.4 Å². The average Bonchev–Trinajstić information content (AvgIpc) is 2.67. The molecule has 0 fully saturated rings. The fraction of sp³-hybridized carbons (Fsp3) is 0.263. The summed E-state index contributed by atoms with van der Waals surface area (Å²) in [7, 11) is 0.293. The topological polar surface area (TPSA) is 84.0 Å². The third-order valence-electron chi connectivity index (χ3n) is 4.04. The number of benzene rings is 2. The molecule has 28 heavy (non-hydrogen) atoms. The predicted molar refractivity (Wildman–Crippen MR) is 102 cm³/mol. The summed E-state index contributed by atoms with van der Waals surface area (Å²) in [4.78, 5) is 25.9. The highest BCUT2D eigenvalue weighted by Crippen LogP contribution is 2.20. The fourth-order valence-electron chi connectivity index (χ4n) is 2.36. The number of anilines is 1. The zero-order chi connectivity index (χ0) is 21.1. The summed E-state index contributed by atoms with van der Waals surface area (Å²) in [5.74, 6) is -2.59. The lowest BCUT2D eigenvalue weighted by Gasteiger charge is -2.21. The Morgan fingerprint density at radius 2 is 1.64 bits per heavy atom. The number of para-hydroxylation sites is 1. The molecule has 0 bridgehead atoms. The van der Waals surface area contributed by atoms with E-state index in [4.69, 9.17) is 4.74 Å². The van der Waals surface area contributed by atoms with Crippen LogP contribution < -0.4 is 4.90 Å². The number of nitrogens with zero attached hydrogens (tertiary/aromatic N) is 2. The predicted octanol–water partition coefficient (Wildman–Crippen LogP) is 2.28. The van der Waals surface area contributed by atoms with Gasteiger partial charge in [-0.1, -0.05) is 18.2 Å². The summed E-state index contributed by atoms with van der Waals surface area (Å²) in [5, 5.41) is 0. The molecule has 0 unspecified atom stereocenters. The smallest absolute Gasteiger partial charge is 0.341 e. The van der Waals surface area contributed by atoms with E-state index in [1.165, 1.54) is 33.0 Å². The summed E-state index contributed by atoms with van der Waals surface area (Å²) >= 11 is 0. The fourth-order valence-corrected chi connectivity index (χ4v) is 3.29. The molecule has 0 heterocycles. The molecule has 1 amide bonds. The maximum Gasteiger partial charge on any atom is 0.341 e. The molecule has 9 heteroatoms. The monoisotopic (exact) mass is 408 g/mol. The van der Waals surface area contributed by atoms with E-state index in [0.717, 1.165) is 22.5 Å². The second-order valence-electron chi connectivity index (χ2n) is 6.21. The maximum absolute atomic E-state index is 14.1. The highest BCUT2D eigenvalue weighted by atomic mass is 32.2. The van der Waals surface area contributed by atoms with Crippen molar-refractivity contribution in [3.05, 3.63) is 59.9 Å². The molecular formula is C19H21FN2O5S. The van der Waals surface area contributed by atoms with Crippen LogP contribution in [0.3, 0.4) is 0 Å². The number of halogens is 1. The van der Waals surface area contributed by atoms with E-state index in [1.807, 2.05) is 0 Å². The first-order chi connectivity index (χ1) is 13.1. The molecule has 0 aliphatic carbocycles. The Morgan fingerprint density at radius 3 is 2.21 bits per heavy atom. The molecule has 0 aliphatic heterocycles. The zero-order valence-corrected chi connectivity index (χ0v) is 16.7. The van der Waals surface area contributed by atoms with Gasteiger partial charge < -0.3 is 9.64 Å². The summed E-state index contributed by atoms with van der Waals surface area (Å²) in [6.07, 6.45) is -1.20. The number of likely N-dealkylation sites (N-methyl/N-ethyl adjacent to an activating group) is 1. The third-order valence-corrected chi connectivity index (χ3v) is 5.85. The van der Waals surface area contributed by atoms with Gasteiger partial charge in [0.25, 0.3) is 5.91 Å². The van der Waals surface area contributed by atoms with Crippen molar-refractivity contribution in [3.63, 3.8) is 0 Å². The van der Waals surface area contributed by atoms with Gasteiger partial charge in [-0.05, 0) is 37.3 Å². The van der Waals surface area contributed by atoms with Crippen molar-refractivity contribution in [1.29, 1.82) is 0 Å². The van der Waals surface area contributed by atoms with Crippen LogP contribution in [0, 0.1) is 5.82 Å². The first kappa shape index (κ1) is 21.5. The van der Waals surface area contributed by atoms with Crippen LogP contribution >= 0.6 is 0 Å². The van der Waals surface area contributed by atoms with Gasteiger partial charge in [-0.2, -0.15) is 0 Å². The molecule has 0 N–H and O–H groups in total. The molecule has 0 aromatic heterocycles. The molecule has 150 valence electrons. The van der Waals surface area contributed by atoms with E-state index in [9.17, 15) is 22.4 Å². The SMILES string of the molecule is C[C@@H](OC(=O)c1cc(S(=O)(=O)N(C)C)ccc1F)C(=O)N(C)c1ccccc1. The van der Waals surface area contributed by atoms with Gasteiger partial charge in [-0.3, -0.25) is 4.79 Å². The number of carbonyl (C=O) groups excluding carboxylic acids is 2. The highest BCUT2D eigenvalue weighted by molar-refractivity contribution is 7.89. The van der Waals surface area contributed by atoms with Crippen molar-refractivity contribution >= 4 is 27.6 Å². The van der Waals surface area contributed by atoms with Gasteiger partial charge in [0.15, 0.2) is 6.10 Å². The zero-order valence-electron chi connectivity index (χ0n) is 15.9.